The number of hydrogen-bond acceptors (Lipinski definition) is 2. The third-order valence-corrected chi connectivity index (χ3v) is 16.5. The average Bonchev–Trinajstić information content (AvgIpc) is 3.72. The maximum absolute atomic E-state index is 6.73. The standard InChI is InChI=1S/C48H43NOSi2/c1-51-44-20-8-6-17-39(44)35-14-10-16-37(29-35)49(36-15-9-13-33(28-36)34-22-21-31-11-3-4-12-32(31)27-34)38-23-24-42-46(30-38)52(2)45-26-25-41-40-18-5-7-19-43(40)50-48(41)47(42)45/h3-20,22-29,31,38,40,43,52H,21,30,51H2,1-2H3. The predicted octanol–water partition coefficient (Wildman–Crippen LogP) is 9.16. The van der Waals surface area contributed by atoms with Crippen LogP contribution in [-0.2, 0) is 0 Å². The van der Waals surface area contributed by atoms with Gasteiger partial charge in [-0.25, -0.2) is 0 Å². The number of rotatable bonds is 6. The molecule has 4 aromatic carbocycles. The van der Waals surface area contributed by atoms with Gasteiger partial charge in [0.1, 0.15) is 11.9 Å². The van der Waals surface area contributed by atoms with E-state index in [0.717, 1.165) is 18.6 Å². The Morgan fingerprint density at radius 2 is 1.60 bits per heavy atom. The minimum Gasteiger partial charge on any atom is -0.484 e. The highest BCUT2D eigenvalue weighted by atomic mass is 28.3. The van der Waals surface area contributed by atoms with E-state index < -0.39 is 8.80 Å². The molecule has 4 aromatic rings. The van der Waals surface area contributed by atoms with Crippen molar-refractivity contribution >= 4 is 51.2 Å². The number of hydrogen-bond donors (Lipinski definition) is 0. The second kappa shape index (κ2) is 12.8. The van der Waals surface area contributed by atoms with Crippen molar-refractivity contribution in [1.29, 1.82) is 0 Å². The summed E-state index contributed by atoms with van der Waals surface area (Å²) in [5.74, 6) is 1.94. The number of ether oxygens (including phenoxy) is 1. The van der Waals surface area contributed by atoms with Crippen molar-refractivity contribution in [2.24, 2.45) is 5.92 Å². The molecule has 4 heteroatoms. The summed E-state index contributed by atoms with van der Waals surface area (Å²) in [6.45, 7) is 4.93. The third kappa shape index (κ3) is 5.19. The van der Waals surface area contributed by atoms with Gasteiger partial charge in [-0.2, -0.15) is 0 Å². The molecule has 2 aliphatic heterocycles. The zero-order chi connectivity index (χ0) is 34.8. The van der Waals surface area contributed by atoms with Crippen LogP contribution in [0.1, 0.15) is 35.4 Å². The van der Waals surface area contributed by atoms with Crippen LogP contribution >= 0.6 is 0 Å². The van der Waals surface area contributed by atoms with E-state index in [1.807, 2.05) is 0 Å². The van der Waals surface area contributed by atoms with E-state index in [1.165, 1.54) is 61.1 Å². The van der Waals surface area contributed by atoms with E-state index in [2.05, 4.69) is 176 Å². The van der Waals surface area contributed by atoms with Crippen LogP contribution in [0.4, 0.5) is 11.4 Å². The van der Waals surface area contributed by atoms with Crippen molar-refractivity contribution in [3.8, 4) is 16.9 Å². The van der Waals surface area contributed by atoms with Crippen molar-refractivity contribution < 1.29 is 4.74 Å². The summed E-state index contributed by atoms with van der Waals surface area (Å²) in [6, 6.07) is 32.6. The van der Waals surface area contributed by atoms with Gasteiger partial charge in [0.15, 0.2) is 0 Å². The minimum absolute atomic E-state index is 0.107. The molecule has 0 saturated heterocycles. The Hall–Kier alpha value is -5.17. The molecule has 0 fully saturated rings. The lowest BCUT2D eigenvalue weighted by Crippen LogP contribution is -2.34. The van der Waals surface area contributed by atoms with Gasteiger partial charge >= 0.3 is 0 Å². The van der Waals surface area contributed by atoms with E-state index in [4.69, 9.17) is 4.74 Å². The minimum atomic E-state index is -1.39. The van der Waals surface area contributed by atoms with Crippen LogP contribution in [-0.4, -0.2) is 30.5 Å². The molecular weight excluding hydrogens is 663 g/mol. The highest BCUT2D eigenvalue weighted by molar-refractivity contribution is 6.82. The molecule has 254 valence electrons. The SMILES string of the molecule is C[SiH2]c1ccccc1-c1cccc(N(c2cccc(C3=CCC4C=CC=CC4=C3)c2)C2C=CC3=C(C2)[SiH](C)c2ccc4c(c23)OC2C=CC=CC42)c1. The van der Waals surface area contributed by atoms with Crippen LogP contribution in [0, 0.1) is 5.92 Å². The topological polar surface area (TPSA) is 12.5 Å². The van der Waals surface area contributed by atoms with Gasteiger partial charge in [0.05, 0.1) is 24.4 Å². The van der Waals surface area contributed by atoms with Crippen molar-refractivity contribution in [1.82, 2.24) is 0 Å². The van der Waals surface area contributed by atoms with E-state index in [9.17, 15) is 0 Å². The molecule has 0 aromatic heterocycles. The largest absolute Gasteiger partial charge is 0.484 e. The van der Waals surface area contributed by atoms with E-state index in [-0.39, 0.29) is 21.7 Å². The first-order valence-electron chi connectivity index (χ1n) is 19.1. The molecule has 52 heavy (non-hydrogen) atoms. The molecule has 0 radical (unpaired) electrons. The highest BCUT2D eigenvalue weighted by Crippen LogP contribution is 2.49. The molecule has 0 amide bonds. The Labute approximate surface area is 311 Å². The predicted molar refractivity (Wildman–Crippen MR) is 226 cm³/mol. The fourth-order valence-electron chi connectivity index (χ4n) is 9.46. The summed E-state index contributed by atoms with van der Waals surface area (Å²) < 4.78 is 6.73. The molecule has 5 unspecified atom stereocenters. The molecule has 10 rings (SSSR count). The lowest BCUT2D eigenvalue weighted by molar-refractivity contribution is 0.268. The fraction of sp³-hybridized carbons (Fsp3) is 0.167. The van der Waals surface area contributed by atoms with Crippen molar-refractivity contribution in [3.63, 3.8) is 0 Å². The van der Waals surface area contributed by atoms with E-state index in [0.29, 0.717) is 11.8 Å². The monoisotopic (exact) mass is 705 g/mol. The molecule has 0 saturated carbocycles. The van der Waals surface area contributed by atoms with Crippen molar-refractivity contribution in [2.45, 2.75) is 44.0 Å². The van der Waals surface area contributed by atoms with Crippen molar-refractivity contribution in [3.05, 3.63) is 185 Å². The second-order valence-electron chi connectivity index (χ2n) is 15.0. The molecule has 0 bridgehead atoms. The van der Waals surface area contributed by atoms with E-state index >= 15 is 0 Å². The summed E-state index contributed by atoms with van der Waals surface area (Å²) in [5.41, 5.74) is 13.3. The van der Waals surface area contributed by atoms with Crippen LogP contribution in [0.25, 0.3) is 22.3 Å². The number of allylic oxidation sites excluding steroid dienone is 12. The Bertz CT molecular complexity index is 2380. The number of fused-ring (bicyclic) bond motifs is 7. The first-order valence-corrected chi connectivity index (χ1v) is 23.5. The maximum Gasteiger partial charge on any atom is 0.131 e. The first kappa shape index (κ1) is 31.6. The van der Waals surface area contributed by atoms with Crippen LogP contribution < -0.4 is 20.0 Å². The van der Waals surface area contributed by atoms with E-state index in [1.54, 1.807) is 10.4 Å². The summed E-state index contributed by atoms with van der Waals surface area (Å²) in [7, 11) is -1.71. The molecule has 2 nitrogen and oxygen atoms in total. The molecule has 5 atom stereocenters. The van der Waals surface area contributed by atoms with Gasteiger partial charge in [-0.1, -0.05) is 151 Å². The van der Waals surface area contributed by atoms with Gasteiger partial charge in [-0.05, 0) is 81.8 Å². The van der Waals surface area contributed by atoms with Gasteiger partial charge < -0.3 is 9.64 Å². The van der Waals surface area contributed by atoms with Gasteiger partial charge in [-0.3, -0.25) is 0 Å². The summed E-state index contributed by atoms with van der Waals surface area (Å²) in [4.78, 5) is 2.62. The summed E-state index contributed by atoms with van der Waals surface area (Å²) >= 11 is 0. The lowest BCUT2D eigenvalue weighted by Gasteiger charge is -2.35. The fourth-order valence-corrected chi connectivity index (χ4v) is 13.3. The highest BCUT2D eigenvalue weighted by Gasteiger charge is 2.41. The van der Waals surface area contributed by atoms with Crippen molar-refractivity contribution in [2.75, 3.05) is 4.90 Å². The maximum atomic E-state index is 6.73. The quantitative estimate of drug-likeness (QED) is 0.186. The molecule has 0 N–H and O–H groups in total. The Kier molecular flexibility index (Phi) is 7.77. The normalized spacial score (nSPS) is 24.6. The van der Waals surface area contributed by atoms with Gasteiger partial charge in [-0.15, -0.1) is 0 Å². The first-order chi connectivity index (χ1) is 25.6. The average molecular weight is 706 g/mol. The zero-order valence-electron chi connectivity index (χ0n) is 29.9. The van der Waals surface area contributed by atoms with Gasteiger partial charge in [0.25, 0.3) is 0 Å². The number of nitrogens with zero attached hydrogens (tertiary/aromatic N) is 1. The number of anilines is 2. The molecule has 6 aliphatic rings. The molecular formula is C48H43NOSi2. The Morgan fingerprint density at radius 3 is 2.48 bits per heavy atom. The lowest BCUT2D eigenvalue weighted by atomic mass is 9.84. The van der Waals surface area contributed by atoms with Crippen LogP contribution in [0.2, 0.25) is 13.1 Å². The molecule has 0 spiro atoms. The van der Waals surface area contributed by atoms with Crippen LogP contribution in [0.15, 0.2) is 169 Å². The second-order valence-corrected chi connectivity index (χ2v) is 19.2. The van der Waals surface area contributed by atoms with Gasteiger partial charge in [0, 0.05) is 34.3 Å². The summed E-state index contributed by atoms with van der Waals surface area (Å²) in [5, 5.41) is 4.72. The molecule has 2 heterocycles. The third-order valence-electron chi connectivity index (χ3n) is 12.1. The molecule has 4 aliphatic carbocycles. The van der Waals surface area contributed by atoms with Crippen LogP contribution in [0.5, 0.6) is 5.75 Å². The zero-order valence-corrected chi connectivity index (χ0v) is 32.4. The van der Waals surface area contributed by atoms with Crippen LogP contribution in [0.3, 0.4) is 0 Å². The van der Waals surface area contributed by atoms with Gasteiger partial charge in [0.2, 0.25) is 0 Å². The summed E-state index contributed by atoms with van der Waals surface area (Å²) in [6.07, 6.45) is 29.7. The number of benzene rings is 4. The Morgan fingerprint density at radius 1 is 0.788 bits per heavy atom. The smallest absolute Gasteiger partial charge is 0.131 e. The Balaban J connectivity index is 1.06.